The summed E-state index contributed by atoms with van der Waals surface area (Å²) in [5.41, 5.74) is 7.30. The summed E-state index contributed by atoms with van der Waals surface area (Å²) in [7, 11) is 0. The summed E-state index contributed by atoms with van der Waals surface area (Å²) in [5, 5.41) is 0. The second-order valence-electron chi connectivity index (χ2n) is 6.21. The first-order valence-electron chi connectivity index (χ1n) is 8.12. The molecule has 1 aromatic rings. The van der Waals surface area contributed by atoms with Gasteiger partial charge in [-0.1, -0.05) is 0 Å². The first-order valence-corrected chi connectivity index (χ1v) is 8.12. The number of hydrogen-bond donors (Lipinski definition) is 1. The molecule has 1 aromatic carbocycles. The normalized spacial score (nSPS) is 24.0. The van der Waals surface area contributed by atoms with Gasteiger partial charge in [0.05, 0.1) is 6.61 Å². The second-order valence-corrected chi connectivity index (χ2v) is 6.21. The van der Waals surface area contributed by atoms with Crippen LogP contribution in [-0.4, -0.2) is 39.0 Å². The van der Waals surface area contributed by atoms with E-state index in [0.717, 1.165) is 57.9 Å². The molecular weight excluding hydrogens is 264 g/mol. The molecule has 0 amide bonds. The third kappa shape index (κ3) is 4.11. The maximum atomic E-state index is 6.05. The summed E-state index contributed by atoms with van der Waals surface area (Å²) in [6.07, 6.45) is 4.56. The molecular formula is C17H26N2O2. The van der Waals surface area contributed by atoms with Crippen molar-refractivity contribution in [3.8, 4) is 5.75 Å². The lowest BCUT2D eigenvalue weighted by atomic mass is 10.0. The molecule has 0 radical (unpaired) electrons. The van der Waals surface area contributed by atoms with E-state index in [1.54, 1.807) is 0 Å². The van der Waals surface area contributed by atoms with Crippen LogP contribution in [0, 0.1) is 5.92 Å². The fraction of sp³-hybridized carbons (Fsp3) is 0.647. The van der Waals surface area contributed by atoms with Gasteiger partial charge in [0.25, 0.3) is 0 Å². The van der Waals surface area contributed by atoms with Crippen molar-refractivity contribution in [1.29, 1.82) is 0 Å². The van der Waals surface area contributed by atoms with Gasteiger partial charge in [-0.25, -0.2) is 0 Å². The quantitative estimate of drug-likeness (QED) is 0.925. The lowest BCUT2D eigenvalue weighted by Gasteiger charge is -2.32. The first kappa shape index (κ1) is 14.7. The average Bonchev–Trinajstić information content (AvgIpc) is 2.54. The molecule has 1 atom stereocenters. The number of nitrogens with two attached hydrogens (primary N) is 1. The molecule has 2 aliphatic heterocycles. The smallest absolute Gasteiger partial charge is 0.119 e. The molecule has 2 fully saturated rings. The Kier molecular flexibility index (Phi) is 4.99. The number of hydrogen-bond acceptors (Lipinski definition) is 4. The Balaban J connectivity index is 1.51. The van der Waals surface area contributed by atoms with Crippen molar-refractivity contribution < 1.29 is 9.47 Å². The molecule has 0 bridgehead atoms. The van der Waals surface area contributed by atoms with Crippen LogP contribution in [0.3, 0.4) is 0 Å². The monoisotopic (exact) mass is 290 g/mol. The van der Waals surface area contributed by atoms with Gasteiger partial charge >= 0.3 is 0 Å². The van der Waals surface area contributed by atoms with Crippen LogP contribution in [-0.2, 0) is 4.74 Å². The summed E-state index contributed by atoms with van der Waals surface area (Å²) in [4.78, 5) is 2.37. The van der Waals surface area contributed by atoms with Crippen LogP contribution in [0.4, 0.5) is 5.69 Å². The van der Waals surface area contributed by atoms with E-state index in [0.29, 0.717) is 12.0 Å². The van der Waals surface area contributed by atoms with Crippen LogP contribution in [0.25, 0.3) is 0 Å². The topological polar surface area (TPSA) is 47.7 Å². The molecule has 3 rings (SSSR count). The zero-order valence-corrected chi connectivity index (χ0v) is 12.7. The predicted molar refractivity (Wildman–Crippen MR) is 84.9 cm³/mol. The molecule has 2 aliphatic rings. The van der Waals surface area contributed by atoms with Crippen LogP contribution >= 0.6 is 0 Å². The number of piperidine rings is 1. The Morgan fingerprint density at radius 3 is 2.62 bits per heavy atom. The van der Waals surface area contributed by atoms with Crippen molar-refractivity contribution >= 4 is 5.69 Å². The van der Waals surface area contributed by atoms with Gasteiger partial charge in [0.15, 0.2) is 0 Å². The third-order valence-corrected chi connectivity index (χ3v) is 4.49. The highest BCUT2D eigenvalue weighted by atomic mass is 16.5. The molecule has 0 saturated carbocycles. The zero-order valence-electron chi connectivity index (χ0n) is 12.7. The Hall–Kier alpha value is -1.26. The summed E-state index contributed by atoms with van der Waals surface area (Å²) < 4.78 is 11.3. The van der Waals surface area contributed by atoms with Gasteiger partial charge in [-0.2, -0.15) is 0 Å². The standard InChI is InChI=1S/C17H26N2O2/c18-15-2-1-9-19(12-15)16-3-5-17(6-4-16)21-13-14-7-10-20-11-8-14/h3-6,14-15H,1-2,7-13,18H2. The van der Waals surface area contributed by atoms with Gasteiger partial charge in [-0.05, 0) is 55.9 Å². The first-order chi connectivity index (χ1) is 10.3. The van der Waals surface area contributed by atoms with Gasteiger partial charge in [0.2, 0.25) is 0 Å². The second kappa shape index (κ2) is 7.14. The molecule has 1 unspecified atom stereocenters. The molecule has 0 aromatic heterocycles. The van der Waals surface area contributed by atoms with Crippen LogP contribution < -0.4 is 15.4 Å². The Morgan fingerprint density at radius 2 is 1.90 bits per heavy atom. The third-order valence-electron chi connectivity index (χ3n) is 4.49. The van der Waals surface area contributed by atoms with E-state index in [9.17, 15) is 0 Å². The summed E-state index contributed by atoms with van der Waals surface area (Å²) in [6.45, 7) is 4.62. The maximum Gasteiger partial charge on any atom is 0.119 e. The number of nitrogens with zero attached hydrogens (tertiary/aromatic N) is 1. The highest BCUT2D eigenvalue weighted by molar-refractivity contribution is 5.49. The average molecular weight is 290 g/mol. The molecule has 2 N–H and O–H groups in total. The lowest BCUT2D eigenvalue weighted by Crippen LogP contribution is -2.42. The number of ether oxygens (including phenoxy) is 2. The summed E-state index contributed by atoms with van der Waals surface area (Å²) in [5.74, 6) is 1.60. The van der Waals surface area contributed by atoms with E-state index in [1.807, 2.05) is 0 Å². The predicted octanol–water partition coefficient (Wildman–Crippen LogP) is 2.42. The SMILES string of the molecule is NC1CCCN(c2ccc(OCC3CCOCC3)cc2)C1. The van der Waals surface area contributed by atoms with Crippen molar-refractivity contribution in [2.24, 2.45) is 11.7 Å². The van der Waals surface area contributed by atoms with Crippen LogP contribution in [0.1, 0.15) is 25.7 Å². The van der Waals surface area contributed by atoms with Crippen LogP contribution in [0.15, 0.2) is 24.3 Å². The fourth-order valence-electron chi connectivity index (χ4n) is 3.12. The number of anilines is 1. The zero-order chi connectivity index (χ0) is 14.5. The Labute approximate surface area is 127 Å². The minimum Gasteiger partial charge on any atom is -0.493 e. The van der Waals surface area contributed by atoms with Gasteiger partial charge in [0.1, 0.15) is 5.75 Å². The molecule has 4 nitrogen and oxygen atoms in total. The van der Waals surface area contributed by atoms with Crippen LogP contribution in [0.5, 0.6) is 5.75 Å². The molecule has 2 heterocycles. The van der Waals surface area contributed by atoms with E-state index in [4.69, 9.17) is 15.2 Å². The van der Waals surface area contributed by atoms with E-state index < -0.39 is 0 Å². The number of rotatable bonds is 4. The van der Waals surface area contributed by atoms with Crippen molar-refractivity contribution in [2.75, 3.05) is 37.8 Å². The molecule has 2 saturated heterocycles. The van der Waals surface area contributed by atoms with Crippen molar-refractivity contribution in [3.63, 3.8) is 0 Å². The summed E-state index contributed by atoms with van der Waals surface area (Å²) in [6, 6.07) is 8.77. The maximum absolute atomic E-state index is 6.05. The van der Waals surface area contributed by atoms with Gasteiger partial charge in [-0.3, -0.25) is 0 Å². The van der Waals surface area contributed by atoms with Crippen LogP contribution in [0.2, 0.25) is 0 Å². The van der Waals surface area contributed by atoms with Crippen molar-refractivity contribution in [3.05, 3.63) is 24.3 Å². The molecule has 0 aliphatic carbocycles. The minimum absolute atomic E-state index is 0.309. The van der Waals surface area contributed by atoms with E-state index in [1.165, 1.54) is 12.1 Å². The molecule has 21 heavy (non-hydrogen) atoms. The largest absolute Gasteiger partial charge is 0.493 e. The van der Waals surface area contributed by atoms with Gasteiger partial charge in [0, 0.05) is 38.0 Å². The fourth-order valence-corrected chi connectivity index (χ4v) is 3.12. The Bertz CT molecular complexity index is 429. The minimum atomic E-state index is 0.309. The molecule has 0 spiro atoms. The highest BCUT2D eigenvalue weighted by Crippen LogP contribution is 2.23. The Morgan fingerprint density at radius 1 is 1.14 bits per heavy atom. The van der Waals surface area contributed by atoms with Gasteiger partial charge in [-0.15, -0.1) is 0 Å². The van der Waals surface area contributed by atoms with E-state index in [2.05, 4.69) is 29.2 Å². The highest BCUT2D eigenvalue weighted by Gasteiger charge is 2.17. The lowest BCUT2D eigenvalue weighted by molar-refractivity contribution is 0.0497. The van der Waals surface area contributed by atoms with Gasteiger partial charge < -0.3 is 20.1 Å². The summed E-state index contributed by atoms with van der Waals surface area (Å²) >= 11 is 0. The van der Waals surface area contributed by atoms with E-state index in [-0.39, 0.29) is 0 Å². The van der Waals surface area contributed by atoms with E-state index >= 15 is 0 Å². The van der Waals surface area contributed by atoms with Crippen molar-refractivity contribution in [2.45, 2.75) is 31.7 Å². The van der Waals surface area contributed by atoms with Crippen molar-refractivity contribution in [1.82, 2.24) is 0 Å². The molecule has 116 valence electrons. The number of benzene rings is 1. The molecule has 4 heteroatoms.